The maximum atomic E-state index is 12.5. The van der Waals surface area contributed by atoms with Gasteiger partial charge in [-0.3, -0.25) is 9.89 Å². The predicted molar refractivity (Wildman–Crippen MR) is 99.9 cm³/mol. The van der Waals surface area contributed by atoms with Crippen LogP contribution in [0.25, 0.3) is 0 Å². The van der Waals surface area contributed by atoms with Crippen molar-refractivity contribution < 1.29 is 13.2 Å². The number of guanidine groups is 1. The lowest BCUT2D eigenvalue weighted by atomic mass is 10.2. The van der Waals surface area contributed by atoms with Gasteiger partial charge in [-0.1, -0.05) is 6.07 Å². The van der Waals surface area contributed by atoms with Crippen molar-refractivity contribution in [3.63, 3.8) is 0 Å². The fraction of sp³-hybridized carbons (Fsp3) is 0.667. The van der Waals surface area contributed by atoms with E-state index >= 15 is 0 Å². The number of alkyl halides is 3. The first-order valence-electron chi connectivity index (χ1n) is 9.39. The van der Waals surface area contributed by atoms with Gasteiger partial charge in [-0.25, -0.2) is 4.98 Å². The van der Waals surface area contributed by atoms with Crippen molar-refractivity contribution in [2.75, 3.05) is 44.7 Å². The summed E-state index contributed by atoms with van der Waals surface area (Å²) in [4.78, 5) is 12.4. The van der Waals surface area contributed by atoms with Crippen molar-refractivity contribution >= 4 is 11.8 Å². The largest absolute Gasteiger partial charge is 0.401 e. The molecule has 0 aliphatic carbocycles. The number of rotatable bonds is 5. The average Bonchev–Trinajstić information content (AvgIpc) is 3.30. The van der Waals surface area contributed by atoms with Crippen LogP contribution >= 0.6 is 0 Å². The molecule has 1 atom stereocenters. The Morgan fingerprint density at radius 2 is 2.04 bits per heavy atom. The summed E-state index contributed by atoms with van der Waals surface area (Å²) in [6.45, 7) is 2.64. The van der Waals surface area contributed by atoms with Crippen molar-refractivity contribution in [2.45, 2.75) is 38.0 Å². The molecule has 0 bridgehead atoms. The molecule has 2 N–H and O–H groups in total. The maximum Gasteiger partial charge on any atom is 0.401 e. The molecule has 150 valence electrons. The van der Waals surface area contributed by atoms with Crippen LogP contribution < -0.4 is 15.5 Å². The number of aromatic nitrogens is 1. The van der Waals surface area contributed by atoms with E-state index in [1.165, 1.54) is 17.7 Å². The number of nitrogens with zero attached hydrogens (tertiary/aromatic N) is 4. The molecule has 1 aromatic heterocycles. The molecule has 2 aliphatic rings. The summed E-state index contributed by atoms with van der Waals surface area (Å²) in [6, 6.07) is 4.04. The van der Waals surface area contributed by atoms with E-state index in [9.17, 15) is 13.2 Å². The van der Waals surface area contributed by atoms with E-state index in [-0.39, 0.29) is 6.04 Å². The van der Waals surface area contributed by atoms with E-state index in [1.807, 2.05) is 18.3 Å². The van der Waals surface area contributed by atoms with Gasteiger partial charge in [-0.15, -0.1) is 0 Å². The number of halogens is 3. The second-order valence-corrected chi connectivity index (χ2v) is 7.12. The van der Waals surface area contributed by atoms with E-state index in [4.69, 9.17) is 0 Å². The summed E-state index contributed by atoms with van der Waals surface area (Å²) in [7, 11) is 1.66. The first kappa shape index (κ1) is 19.7. The predicted octanol–water partition coefficient (Wildman–Crippen LogP) is 1.98. The Balaban J connectivity index is 1.44. The van der Waals surface area contributed by atoms with E-state index < -0.39 is 12.7 Å². The Labute approximate surface area is 157 Å². The van der Waals surface area contributed by atoms with Crippen molar-refractivity contribution in [3.05, 3.63) is 23.9 Å². The third kappa shape index (κ3) is 5.98. The molecular formula is C18H27F3N6. The number of pyridine rings is 1. The second-order valence-electron chi connectivity index (χ2n) is 7.12. The highest BCUT2D eigenvalue weighted by Gasteiger charge is 2.34. The Morgan fingerprint density at radius 1 is 1.26 bits per heavy atom. The SMILES string of the molecule is CN=C(NCc1ccc(N2CCCC2)nc1)NC1CCN(CC(F)(F)F)C1. The number of nitrogens with one attached hydrogen (secondary N) is 2. The summed E-state index contributed by atoms with van der Waals surface area (Å²) in [5.41, 5.74) is 1.03. The van der Waals surface area contributed by atoms with Gasteiger partial charge < -0.3 is 15.5 Å². The summed E-state index contributed by atoms with van der Waals surface area (Å²) in [5.74, 6) is 1.60. The molecule has 27 heavy (non-hydrogen) atoms. The van der Waals surface area contributed by atoms with Crippen LogP contribution in [0.1, 0.15) is 24.8 Å². The normalized spacial score (nSPS) is 21.7. The Hall–Kier alpha value is -2.03. The molecule has 0 radical (unpaired) electrons. The summed E-state index contributed by atoms with van der Waals surface area (Å²) in [5, 5.41) is 6.42. The fourth-order valence-electron chi connectivity index (χ4n) is 3.58. The van der Waals surface area contributed by atoms with Crippen LogP contribution in [0.15, 0.2) is 23.3 Å². The number of likely N-dealkylation sites (tertiary alicyclic amines) is 1. The van der Waals surface area contributed by atoms with E-state index in [2.05, 4.69) is 25.5 Å². The highest BCUT2D eigenvalue weighted by Crippen LogP contribution is 2.20. The Kier molecular flexibility index (Phi) is 6.41. The van der Waals surface area contributed by atoms with Crippen LogP contribution in [0.5, 0.6) is 0 Å². The second kappa shape index (κ2) is 8.77. The third-order valence-corrected chi connectivity index (χ3v) is 4.94. The van der Waals surface area contributed by atoms with Crippen molar-refractivity contribution in [1.82, 2.24) is 20.5 Å². The first-order valence-corrected chi connectivity index (χ1v) is 9.39. The number of anilines is 1. The number of aliphatic imine (C=N–C) groups is 1. The zero-order valence-corrected chi connectivity index (χ0v) is 15.6. The standard InChI is InChI=1S/C18H27F3N6/c1-22-17(25-15-6-9-26(12-15)13-18(19,20)21)24-11-14-4-5-16(23-10-14)27-7-2-3-8-27/h4-5,10,15H,2-3,6-9,11-13H2,1H3,(H2,22,24,25). The van der Waals surface area contributed by atoms with Crippen LogP contribution in [0.4, 0.5) is 19.0 Å². The molecule has 2 aliphatic heterocycles. The fourth-order valence-corrected chi connectivity index (χ4v) is 3.58. The molecule has 3 heterocycles. The van der Waals surface area contributed by atoms with Crippen LogP contribution in [-0.4, -0.2) is 67.8 Å². The molecule has 9 heteroatoms. The zero-order chi connectivity index (χ0) is 19.3. The lowest BCUT2D eigenvalue weighted by Crippen LogP contribution is -2.44. The molecule has 2 fully saturated rings. The minimum Gasteiger partial charge on any atom is -0.357 e. The van der Waals surface area contributed by atoms with Gasteiger partial charge in [0, 0.05) is 52.0 Å². The van der Waals surface area contributed by atoms with Gasteiger partial charge in [-0.2, -0.15) is 13.2 Å². The minimum atomic E-state index is -4.15. The van der Waals surface area contributed by atoms with Crippen LogP contribution in [0.3, 0.4) is 0 Å². The summed E-state index contributed by atoms with van der Waals surface area (Å²) < 4.78 is 37.5. The molecule has 3 rings (SSSR count). The zero-order valence-electron chi connectivity index (χ0n) is 15.6. The van der Waals surface area contributed by atoms with Gasteiger partial charge in [0.05, 0.1) is 6.54 Å². The lowest BCUT2D eigenvalue weighted by molar-refractivity contribution is -0.143. The van der Waals surface area contributed by atoms with Crippen molar-refractivity contribution in [2.24, 2.45) is 4.99 Å². The topological polar surface area (TPSA) is 55.8 Å². The lowest BCUT2D eigenvalue weighted by Gasteiger charge is -2.20. The quantitative estimate of drug-likeness (QED) is 0.601. The smallest absolute Gasteiger partial charge is 0.357 e. The molecule has 1 aromatic rings. The minimum absolute atomic E-state index is 0.0331. The average molecular weight is 384 g/mol. The van der Waals surface area contributed by atoms with Gasteiger partial charge in [0.25, 0.3) is 0 Å². The van der Waals surface area contributed by atoms with E-state index in [0.717, 1.165) is 24.5 Å². The molecule has 6 nitrogen and oxygen atoms in total. The van der Waals surface area contributed by atoms with Gasteiger partial charge in [-0.05, 0) is 30.9 Å². The Bertz CT molecular complexity index is 625. The summed E-state index contributed by atoms with van der Waals surface area (Å²) >= 11 is 0. The van der Waals surface area contributed by atoms with E-state index in [0.29, 0.717) is 32.0 Å². The first-order chi connectivity index (χ1) is 12.9. The molecule has 0 amide bonds. The summed E-state index contributed by atoms with van der Waals surface area (Å²) in [6.07, 6.45) is 0.809. The van der Waals surface area contributed by atoms with E-state index in [1.54, 1.807) is 7.05 Å². The molecule has 0 aromatic carbocycles. The van der Waals surface area contributed by atoms with Crippen LogP contribution in [-0.2, 0) is 6.54 Å². The maximum absolute atomic E-state index is 12.5. The molecule has 1 unspecified atom stereocenters. The van der Waals surface area contributed by atoms with Crippen LogP contribution in [0.2, 0.25) is 0 Å². The third-order valence-electron chi connectivity index (χ3n) is 4.94. The van der Waals surface area contributed by atoms with Gasteiger partial charge in [0.2, 0.25) is 0 Å². The Morgan fingerprint density at radius 3 is 2.67 bits per heavy atom. The van der Waals surface area contributed by atoms with Gasteiger partial charge >= 0.3 is 6.18 Å². The van der Waals surface area contributed by atoms with Crippen molar-refractivity contribution in [3.8, 4) is 0 Å². The molecule has 0 spiro atoms. The molecular weight excluding hydrogens is 357 g/mol. The van der Waals surface area contributed by atoms with Crippen molar-refractivity contribution in [1.29, 1.82) is 0 Å². The monoisotopic (exact) mass is 384 g/mol. The van der Waals surface area contributed by atoms with Gasteiger partial charge in [0.1, 0.15) is 5.82 Å². The molecule has 0 saturated carbocycles. The molecule has 2 saturated heterocycles. The van der Waals surface area contributed by atoms with Gasteiger partial charge in [0.15, 0.2) is 5.96 Å². The highest BCUT2D eigenvalue weighted by molar-refractivity contribution is 5.80. The number of hydrogen-bond donors (Lipinski definition) is 2. The number of hydrogen-bond acceptors (Lipinski definition) is 4. The highest BCUT2D eigenvalue weighted by atomic mass is 19.4. The van der Waals surface area contributed by atoms with Crippen LogP contribution in [0, 0.1) is 0 Å².